The summed E-state index contributed by atoms with van der Waals surface area (Å²) in [6.07, 6.45) is 0.639. The van der Waals surface area contributed by atoms with Gasteiger partial charge in [-0.15, -0.1) is 5.10 Å². The zero-order valence-corrected chi connectivity index (χ0v) is 13.7. The highest BCUT2D eigenvalue weighted by molar-refractivity contribution is 7.12. The number of fused-ring (bicyclic) bond motifs is 2. The Kier molecular flexibility index (Phi) is 3.38. The number of phenols is 2. The van der Waals surface area contributed by atoms with E-state index in [9.17, 15) is 15.0 Å². The van der Waals surface area contributed by atoms with Crippen LogP contribution in [-0.4, -0.2) is 37.2 Å². The molecule has 2 N–H and O–H groups in total. The SMILES string of the molecule is CC1c2cc(O)c(O)cc2CCN1C(=O)c1ccc2snnc2c1. The third-order valence-corrected chi connectivity index (χ3v) is 5.24. The summed E-state index contributed by atoms with van der Waals surface area (Å²) in [5, 5.41) is 23.4. The highest BCUT2D eigenvalue weighted by atomic mass is 32.1. The Morgan fingerprint density at radius 1 is 1.25 bits per heavy atom. The van der Waals surface area contributed by atoms with Crippen LogP contribution in [0.25, 0.3) is 10.2 Å². The van der Waals surface area contributed by atoms with Crippen LogP contribution in [0.3, 0.4) is 0 Å². The summed E-state index contributed by atoms with van der Waals surface area (Å²) in [6, 6.07) is 8.36. The van der Waals surface area contributed by atoms with E-state index in [1.165, 1.54) is 11.5 Å². The van der Waals surface area contributed by atoms with Crippen LogP contribution in [0.4, 0.5) is 0 Å². The van der Waals surface area contributed by atoms with E-state index in [2.05, 4.69) is 9.59 Å². The molecule has 0 saturated heterocycles. The molecule has 122 valence electrons. The number of nitrogens with zero attached hydrogens (tertiary/aromatic N) is 3. The third kappa shape index (κ3) is 2.28. The Balaban J connectivity index is 1.68. The lowest BCUT2D eigenvalue weighted by Gasteiger charge is -2.35. The van der Waals surface area contributed by atoms with E-state index in [0.29, 0.717) is 18.5 Å². The number of benzene rings is 2. The molecule has 24 heavy (non-hydrogen) atoms. The van der Waals surface area contributed by atoms with Crippen molar-refractivity contribution in [3.8, 4) is 11.5 Å². The van der Waals surface area contributed by atoms with Crippen LogP contribution in [0.5, 0.6) is 11.5 Å². The molecule has 3 aromatic rings. The maximum absolute atomic E-state index is 12.9. The molecule has 1 unspecified atom stereocenters. The van der Waals surface area contributed by atoms with Gasteiger partial charge in [0.1, 0.15) is 5.52 Å². The molecule has 0 radical (unpaired) electrons. The minimum atomic E-state index is -0.183. The molecule has 1 aliphatic rings. The maximum Gasteiger partial charge on any atom is 0.254 e. The predicted octanol–water partition coefficient (Wildman–Crippen LogP) is 2.86. The second kappa shape index (κ2) is 5.45. The Labute approximate surface area is 142 Å². The van der Waals surface area contributed by atoms with Crippen molar-refractivity contribution in [2.24, 2.45) is 0 Å². The van der Waals surface area contributed by atoms with E-state index < -0.39 is 0 Å². The van der Waals surface area contributed by atoms with Gasteiger partial charge >= 0.3 is 0 Å². The Morgan fingerprint density at radius 2 is 2.04 bits per heavy atom. The zero-order chi connectivity index (χ0) is 16.8. The van der Waals surface area contributed by atoms with Crippen molar-refractivity contribution >= 4 is 27.7 Å². The van der Waals surface area contributed by atoms with Crippen LogP contribution in [0.15, 0.2) is 30.3 Å². The molecule has 1 atom stereocenters. The van der Waals surface area contributed by atoms with E-state index >= 15 is 0 Å². The molecule has 0 saturated carbocycles. The maximum atomic E-state index is 12.9. The van der Waals surface area contributed by atoms with Gasteiger partial charge in [-0.3, -0.25) is 4.79 Å². The van der Waals surface area contributed by atoms with E-state index in [4.69, 9.17) is 0 Å². The highest BCUT2D eigenvalue weighted by Crippen LogP contribution is 2.37. The summed E-state index contributed by atoms with van der Waals surface area (Å²) in [4.78, 5) is 14.7. The fourth-order valence-electron chi connectivity index (χ4n) is 3.20. The van der Waals surface area contributed by atoms with Gasteiger partial charge in [0, 0.05) is 12.1 Å². The molecule has 0 fully saturated rings. The molecule has 7 heteroatoms. The molecular formula is C17H15N3O3S. The lowest BCUT2D eigenvalue weighted by atomic mass is 9.92. The normalized spacial score (nSPS) is 17.0. The smallest absolute Gasteiger partial charge is 0.254 e. The largest absolute Gasteiger partial charge is 0.504 e. The van der Waals surface area contributed by atoms with Crippen molar-refractivity contribution in [3.63, 3.8) is 0 Å². The number of aromatic nitrogens is 2. The molecule has 0 bridgehead atoms. The Morgan fingerprint density at radius 3 is 2.88 bits per heavy atom. The summed E-state index contributed by atoms with van der Waals surface area (Å²) in [5.41, 5.74) is 3.12. The molecule has 6 nitrogen and oxygen atoms in total. The summed E-state index contributed by atoms with van der Waals surface area (Å²) in [6.45, 7) is 2.49. The fraction of sp³-hybridized carbons (Fsp3) is 0.235. The first-order chi connectivity index (χ1) is 11.5. The quantitative estimate of drug-likeness (QED) is 0.665. The monoisotopic (exact) mass is 341 g/mol. The minimum Gasteiger partial charge on any atom is -0.504 e. The van der Waals surface area contributed by atoms with Gasteiger partial charge in [-0.05, 0) is 66.3 Å². The number of carbonyl (C=O) groups excluding carboxylic acids is 1. The minimum absolute atomic E-state index is 0.0735. The summed E-state index contributed by atoms with van der Waals surface area (Å²) >= 11 is 1.30. The van der Waals surface area contributed by atoms with Crippen molar-refractivity contribution < 1.29 is 15.0 Å². The fourth-order valence-corrected chi connectivity index (χ4v) is 3.74. The van der Waals surface area contributed by atoms with Crippen molar-refractivity contribution in [2.45, 2.75) is 19.4 Å². The number of aromatic hydroxyl groups is 2. The van der Waals surface area contributed by atoms with Gasteiger partial charge in [0.05, 0.1) is 10.7 Å². The van der Waals surface area contributed by atoms with Gasteiger partial charge in [0.2, 0.25) is 0 Å². The first-order valence-corrected chi connectivity index (χ1v) is 8.40. The average Bonchev–Trinajstić information content (AvgIpc) is 3.04. The van der Waals surface area contributed by atoms with E-state index in [1.54, 1.807) is 29.2 Å². The number of rotatable bonds is 1. The third-order valence-electron chi connectivity index (χ3n) is 4.53. The number of amides is 1. The van der Waals surface area contributed by atoms with Gasteiger partial charge in [-0.1, -0.05) is 4.49 Å². The van der Waals surface area contributed by atoms with Crippen LogP contribution < -0.4 is 0 Å². The zero-order valence-electron chi connectivity index (χ0n) is 12.9. The molecule has 0 spiro atoms. The number of carbonyl (C=O) groups is 1. The van der Waals surface area contributed by atoms with Gasteiger partial charge in [-0.2, -0.15) is 0 Å². The highest BCUT2D eigenvalue weighted by Gasteiger charge is 2.29. The second-order valence-corrected chi connectivity index (χ2v) is 6.71. The number of hydrogen-bond acceptors (Lipinski definition) is 6. The van der Waals surface area contributed by atoms with Gasteiger partial charge in [0.15, 0.2) is 11.5 Å². The number of phenolic OH excluding ortho intramolecular Hbond substituents is 2. The molecule has 1 amide bonds. The summed E-state index contributed by atoms with van der Waals surface area (Å²) in [5.74, 6) is -0.359. The van der Waals surface area contributed by atoms with Crippen molar-refractivity contribution in [2.75, 3.05) is 6.54 Å². The molecule has 1 aliphatic heterocycles. The Hall–Kier alpha value is -2.67. The van der Waals surface area contributed by atoms with Gasteiger partial charge in [-0.25, -0.2) is 0 Å². The first kappa shape index (κ1) is 14.9. The lowest BCUT2D eigenvalue weighted by Crippen LogP contribution is -2.38. The molecule has 0 aliphatic carbocycles. The molecule has 2 aromatic carbocycles. The van der Waals surface area contributed by atoms with Gasteiger partial charge in [0.25, 0.3) is 5.91 Å². The molecule has 1 aromatic heterocycles. The van der Waals surface area contributed by atoms with Crippen molar-refractivity contribution in [3.05, 3.63) is 47.0 Å². The lowest BCUT2D eigenvalue weighted by molar-refractivity contribution is 0.0677. The summed E-state index contributed by atoms with van der Waals surface area (Å²) < 4.78 is 4.84. The van der Waals surface area contributed by atoms with Gasteiger partial charge < -0.3 is 15.1 Å². The standard InChI is InChI=1S/C17H15N3O3S/c1-9-12-8-15(22)14(21)7-10(12)4-5-20(9)17(23)11-2-3-16-13(6-11)18-19-24-16/h2-3,6-9,21-22H,4-5H2,1H3. The molecule has 4 rings (SSSR count). The predicted molar refractivity (Wildman–Crippen MR) is 90.3 cm³/mol. The molecular weight excluding hydrogens is 326 g/mol. The summed E-state index contributed by atoms with van der Waals surface area (Å²) in [7, 11) is 0. The van der Waals surface area contributed by atoms with E-state index in [0.717, 1.165) is 21.3 Å². The number of hydrogen-bond donors (Lipinski definition) is 2. The van der Waals surface area contributed by atoms with Crippen LogP contribution >= 0.6 is 11.5 Å². The van der Waals surface area contributed by atoms with Crippen LogP contribution in [-0.2, 0) is 6.42 Å². The van der Waals surface area contributed by atoms with Crippen molar-refractivity contribution in [1.82, 2.24) is 14.5 Å². The van der Waals surface area contributed by atoms with E-state index in [-0.39, 0.29) is 23.4 Å². The van der Waals surface area contributed by atoms with Crippen molar-refractivity contribution in [1.29, 1.82) is 0 Å². The van der Waals surface area contributed by atoms with Crippen LogP contribution in [0.2, 0.25) is 0 Å². The topological polar surface area (TPSA) is 86.5 Å². The second-order valence-electron chi connectivity index (χ2n) is 5.92. The average molecular weight is 341 g/mol. The molecule has 2 heterocycles. The van der Waals surface area contributed by atoms with Crippen LogP contribution in [0.1, 0.15) is 34.5 Å². The first-order valence-electron chi connectivity index (χ1n) is 7.62. The Bertz CT molecular complexity index is 953. The van der Waals surface area contributed by atoms with Crippen LogP contribution in [0, 0.1) is 0 Å². The van der Waals surface area contributed by atoms with E-state index in [1.807, 2.05) is 13.0 Å².